The first-order chi connectivity index (χ1) is 19.1. The van der Waals surface area contributed by atoms with Crippen molar-refractivity contribution >= 4 is 33.8 Å². The molecule has 3 N–H and O–H groups in total. The standard InChI is InChI=1S/C29H32F4N6O/c1-17(29(31,32)33)27-20-6-5-8-23(37-24-11-13-39(2)16-22(24)30)21(20)15-26(38-27)35-18-9-10-19(14-18)36-28(40)25-7-3-4-12-34-25/h3-8,12,15,18-19,22,24,37H,1,9-11,13-14,16H2,2H3,(H,35,38)(H,36,40)/t18-,19+,22+,24-/m1/s1. The van der Waals surface area contributed by atoms with Crippen LogP contribution in [0.25, 0.3) is 16.3 Å². The highest BCUT2D eigenvalue weighted by atomic mass is 19.4. The molecule has 3 heterocycles. The van der Waals surface area contributed by atoms with Gasteiger partial charge in [0.15, 0.2) is 0 Å². The number of likely N-dealkylation sites (tertiary alicyclic amines) is 1. The number of carbonyl (C=O) groups excluding carboxylic acids is 1. The van der Waals surface area contributed by atoms with Crippen molar-refractivity contribution in [3.63, 3.8) is 0 Å². The molecule has 1 saturated heterocycles. The van der Waals surface area contributed by atoms with Crippen LogP contribution in [0.1, 0.15) is 41.9 Å². The van der Waals surface area contributed by atoms with Gasteiger partial charge in [0.05, 0.1) is 17.3 Å². The highest BCUT2D eigenvalue weighted by molar-refractivity contribution is 6.01. The average molecular weight is 557 g/mol. The number of alkyl halides is 4. The van der Waals surface area contributed by atoms with Gasteiger partial charge in [0.1, 0.15) is 17.7 Å². The number of nitrogens with zero attached hydrogens (tertiary/aromatic N) is 3. The van der Waals surface area contributed by atoms with Crippen LogP contribution in [-0.2, 0) is 0 Å². The van der Waals surface area contributed by atoms with E-state index in [2.05, 4.69) is 32.5 Å². The van der Waals surface area contributed by atoms with E-state index in [1.807, 2.05) is 11.9 Å². The van der Waals surface area contributed by atoms with E-state index in [1.165, 1.54) is 0 Å². The van der Waals surface area contributed by atoms with E-state index in [-0.39, 0.29) is 41.4 Å². The lowest BCUT2D eigenvalue weighted by Crippen LogP contribution is -2.46. The lowest BCUT2D eigenvalue weighted by Gasteiger charge is -2.33. The number of benzene rings is 1. The Bertz CT molecular complexity index is 1380. The Morgan fingerprint density at radius 1 is 1.05 bits per heavy atom. The molecule has 40 heavy (non-hydrogen) atoms. The zero-order valence-corrected chi connectivity index (χ0v) is 22.1. The molecule has 0 unspecified atom stereocenters. The fraction of sp³-hybridized carbons (Fsp3) is 0.414. The number of aromatic nitrogens is 2. The van der Waals surface area contributed by atoms with E-state index in [9.17, 15) is 22.4 Å². The van der Waals surface area contributed by atoms with E-state index in [4.69, 9.17) is 0 Å². The number of anilines is 2. The molecule has 1 amide bonds. The zero-order valence-electron chi connectivity index (χ0n) is 22.1. The number of allylic oxidation sites excluding steroid dienone is 1. The van der Waals surface area contributed by atoms with Gasteiger partial charge < -0.3 is 20.9 Å². The first-order valence-corrected chi connectivity index (χ1v) is 13.4. The number of halogens is 4. The lowest BCUT2D eigenvalue weighted by atomic mass is 10.00. The molecule has 2 fully saturated rings. The highest BCUT2D eigenvalue weighted by Gasteiger charge is 2.36. The second kappa shape index (κ2) is 11.4. The molecule has 1 aromatic carbocycles. The summed E-state index contributed by atoms with van der Waals surface area (Å²) in [5.41, 5.74) is -0.448. The number of carbonyl (C=O) groups is 1. The molecule has 0 radical (unpaired) electrons. The minimum Gasteiger partial charge on any atom is -0.379 e. The van der Waals surface area contributed by atoms with Crippen molar-refractivity contribution in [1.29, 1.82) is 0 Å². The summed E-state index contributed by atoms with van der Waals surface area (Å²) in [4.78, 5) is 22.8. The number of hydrogen-bond donors (Lipinski definition) is 3. The van der Waals surface area contributed by atoms with Gasteiger partial charge in [-0.15, -0.1) is 0 Å². The highest BCUT2D eigenvalue weighted by Crippen LogP contribution is 2.38. The zero-order chi connectivity index (χ0) is 28.4. The number of pyridine rings is 2. The number of nitrogens with one attached hydrogen (secondary N) is 3. The smallest absolute Gasteiger partial charge is 0.379 e. The van der Waals surface area contributed by atoms with Gasteiger partial charge >= 0.3 is 6.18 Å². The Morgan fingerprint density at radius 3 is 2.58 bits per heavy atom. The van der Waals surface area contributed by atoms with E-state index in [1.54, 1.807) is 48.7 Å². The minimum absolute atomic E-state index is 0.111. The Hall–Kier alpha value is -3.73. The predicted octanol–water partition coefficient (Wildman–Crippen LogP) is 5.42. The SMILES string of the molecule is C=C(c1nc(N[C@@H]2CC[C@H](NC(=O)c3ccccn3)C2)cc2c(N[C@@H]3CCN(C)C[C@@H]3F)cccc12)C(F)(F)F. The van der Waals surface area contributed by atoms with E-state index >= 15 is 0 Å². The summed E-state index contributed by atoms with van der Waals surface area (Å²) < 4.78 is 56.2. The quantitative estimate of drug-likeness (QED) is 0.337. The maximum absolute atomic E-state index is 14.8. The first kappa shape index (κ1) is 27.8. The van der Waals surface area contributed by atoms with Crippen molar-refractivity contribution in [2.75, 3.05) is 30.8 Å². The van der Waals surface area contributed by atoms with Crippen molar-refractivity contribution in [1.82, 2.24) is 20.2 Å². The van der Waals surface area contributed by atoms with Crippen LogP contribution in [0.3, 0.4) is 0 Å². The molecule has 2 aromatic heterocycles. The molecule has 4 atom stereocenters. The molecule has 1 saturated carbocycles. The van der Waals surface area contributed by atoms with Gasteiger partial charge in [-0.3, -0.25) is 9.78 Å². The van der Waals surface area contributed by atoms with E-state index in [0.29, 0.717) is 49.0 Å². The number of rotatable bonds is 7. The summed E-state index contributed by atoms with van der Waals surface area (Å²) in [6, 6.07) is 11.1. The van der Waals surface area contributed by atoms with Crippen LogP contribution in [0.4, 0.5) is 29.1 Å². The molecule has 5 rings (SSSR count). The molecule has 2 aliphatic rings. The van der Waals surface area contributed by atoms with Gasteiger partial charge in [0.2, 0.25) is 0 Å². The third kappa shape index (κ3) is 6.19. The normalized spacial score (nSPS) is 23.6. The molecule has 11 heteroatoms. The van der Waals surface area contributed by atoms with E-state index < -0.39 is 24.0 Å². The summed E-state index contributed by atoms with van der Waals surface area (Å²) in [5.74, 6) is -0.00124. The second-order valence-corrected chi connectivity index (χ2v) is 10.6. The Kier molecular flexibility index (Phi) is 7.93. The number of amides is 1. The molecule has 0 spiro atoms. The first-order valence-electron chi connectivity index (χ1n) is 13.4. The Morgan fingerprint density at radius 2 is 1.85 bits per heavy atom. The summed E-state index contributed by atoms with van der Waals surface area (Å²) in [6.45, 7) is 4.30. The molecule has 212 valence electrons. The van der Waals surface area contributed by atoms with Crippen LogP contribution < -0.4 is 16.0 Å². The van der Waals surface area contributed by atoms with Gasteiger partial charge in [0, 0.05) is 47.8 Å². The summed E-state index contributed by atoms with van der Waals surface area (Å²) >= 11 is 0. The van der Waals surface area contributed by atoms with Gasteiger partial charge in [-0.05, 0) is 57.0 Å². The van der Waals surface area contributed by atoms with Crippen LogP contribution >= 0.6 is 0 Å². The van der Waals surface area contributed by atoms with Gasteiger partial charge in [-0.25, -0.2) is 9.37 Å². The number of hydrogen-bond acceptors (Lipinski definition) is 6. The monoisotopic (exact) mass is 556 g/mol. The molecular formula is C29H32F4N6O. The second-order valence-electron chi connectivity index (χ2n) is 10.6. The van der Waals surface area contributed by atoms with Crippen LogP contribution in [0.15, 0.2) is 55.2 Å². The van der Waals surface area contributed by atoms with Crippen molar-refractivity contribution < 1.29 is 22.4 Å². The summed E-state index contributed by atoms with van der Waals surface area (Å²) in [6.07, 6.45) is -1.69. The lowest BCUT2D eigenvalue weighted by molar-refractivity contribution is -0.0688. The largest absolute Gasteiger partial charge is 0.417 e. The van der Waals surface area contributed by atoms with Crippen LogP contribution in [0.5, 0.6) is 0 Å². The molecule has 1 aliphatic heterocycles. The van der Waals surface area contributed by atoms with Gasteiger partial charge in [-0.1, -0.05) is 24.8 Å². The minimum atomic E-state index is -4.67. The summed E-state index contributed by atoms with van der Waals surface area (Å²) in [5, 5.41) is 10.3. The van der Waals surface area contributed by atoms with Crippen LogP contribution in [0.2, 0.25) is 0 Å². The molecular weight excluding hydrogens is 524 g/mol. The molecule has 0 bridgehead atoms. The maximum atomic E-state index is 14.8. The predicted molar refractivity (Wildman–Crippen MR) is 148 cm³/mol. The molecule has 1 aliphatic carbocycles. The van der Waals surface area contributed by atoms with Crippen molar-refractivity contribution in [2.45, 2.75) is 56.2 Å². The van der Waals surface area contributed by atoms with Crippen LogP contribution in [0, 0.1) is 0 Å². The number of fused-ring (bicyclic) bond motifs is 1. The fourth-order valence-electron chi connectivity index (χ4n) is 5.47. The third-order valence-electron chi connectivity index (χ3n) is 7.61. The number of piperidine rings is 1. The molecule has 7 nitrogen and oxygen atoms in total. The van der Waals surface area contributed by atoms with Crippen molar-refractivity contribution in [2.24, 2.45) is 0 Å². The average Bonchev–Trinajstić information content (AvgIpc) is 3.36. The summed E-state index contributed by atoms with van der Waals surface area (Å²) in [7, 11) is 1.86. The topological polar surface area (TPSA) is 82.2 Å². The van der Waals surface area contributed by atoms with Crippen molar-refractivity contribution in [3.8, 4) is 0 Å². The maximum Gasteiger partial charge on any atom is 0.417 e. The Balaban J connectivity index is 1.40. The third-order valence-corrected chi connectivity index (χ3v) is 7.61. The van der Waals surface area contributed by atoms with Gasteiger partial charge in [-0.2, -0.15) is 13.2 Å². The van der Waals surface area contributed by atoms with E-state index in [0.717, 1.165) is 0 Å². The Labute approximate surface area is 230 Å². The van der Waals surface area contributed by atoms with Gasteiger partial charge in [0.25, 0.3) is 5.91 Å². The van der Waals surface area contributed by atoms with Crippen LogP contribution in [-0.4, -0.2) is 71.4 Å². The molecule has 3 aromatic rings. The van der Waals surface area contributed by atoms with Crippen molar-refractivity contribution in [3.05, 3.63) is 66.6 Å². The fourth-order valence-corrected chi connectivity index (χ4v) is 5.47.